The number of thioether (sulfide) groups is 1. The van der Waals surface area contributed by atoms with Gasteiger partial charge in [-0.3, -0.25) is 4.57 Å². The van der Waals surface area contributed by atoms with Crippen LogP contribution >= 0.6 is 23.1 Å². The minimum atomic E-state index is -0.117. The Morgan fingerprint density at radius 3 is 2.82 bits per heavy atom. The molecule has 1 saturated heterocycles. The molecule has 4 nitrogen and oxygen atoms in total. The van der Waals surface area contributed by atoms with Gasteiger partial charge in [-0.1, -0.05) is 6.07 Å². The first-order valence-electron chi connectivity index (χ1n) is 7.34. The van der Waals surface area contributed by atoms with Crippen molar-refractivity contribution in [2.24, 2.45) is 4.99 Å². The van der Waals surface area contributed by atoms with E-state index in [1.165, 1.54) is 4.90 Å². The molecule has 1 aromatic carbocycles. The highest BCUT2D eigenvalue weighted by atomic mass is 32.2. The third-order valence-electron chi connectivity index (χ3n) is 3.67. The zero-order valence-corrected chi connectivity index (χ0v) is 14.4. The Morgan fingerprint density at radius 1 is 1.32 bits per heavy atom. The van der Waals surface area contributed by atoms with E-state index in [-0.39, 0.29) is 6.03 Å². The average molecular weight is 333 g/mol. The quantitative estimate of drug-likeness (QED) is 0.786. The maximum atomic E-state index is 12.3. The van der Waals surface area contributed by atoms with Crippen LogP contribution in [0.25, 0.3) is 5.69 Å². The number of hydrogen-bond donors (Lipinski definition) is 0. The monoisotopic (exact) mass is 333 g/mol. The molecular weight excluding hydrogens is 314 g/mol. The van der Waals surface area contributed by atoms with Crippen LogP contribution in [0.15, 0.2) is 40.4 Å². The van der Waals surface area contributed by atoms with Crippen molar-refractivity contribution in [1.29, 1.82) is 0 Å². The zero-order chi connectivity index (χ0) is 15.5. The Bertz CT molecular complexity index is 742. The van der Waals surface area contributed by atoms with Crippen molar-refractivity contribution in [2.45, 2.75) is 24.7 Å². The molecule has 2 aromatic rings. The highest BCUT2D eigenvalue weighted by molar-refractivity contribution is 7.98. The molecule has 0 N–H and O–H groups in total. The summed E-state index contributed by atoms with van der Waals surface area (Å²) in [6, 6.07) is 8.17. The molecule has 1 aliphatic rings. The van der Waals surface area contributed by atoms with Gasteiger partial charge in [-0.15, -0.1) is 23.1 Å². The number of rotatable bonds is 2. The SMILES string of the molecule is CSc1cccc(-n2cc(C)s/c2=N\C(=O)N2CCCC2)c1. The first-order chi connectivity index (χ1) is 10.7. The van der Waals surface area contributed by atoms with E-state index in [4.69, 9.17) is 0 Å². The van der Waals surface area contributed by atoms with Gasteiger partial charge < -0.3 is 4.90 Å². The second kappa shape index (κ2) is 6.71. The molecule has 0 saturated carbocycles. The number of thiazole rings is 1. The molecule has 0 spiro atoms. The molecule has 116 valence electrons. The number of benzene rings is 1. The van der Waals surface area contributed by atoms with Gasteiger partial charge in [0.05, 0.1) is 0 Å². The molecule has 0 radical (unpaired) electrons. The minimum Gasteiger partial charge on any atom is -0.323 e. The van der Waals surface area contributed by atoms with Crippen LogP contribution in [0.4, 0.5) is 4.79 Å². The highest BCUT2D eigenvalue weighted by Crippen LogP contribution is 2.19. The molecule has 1 aromatic heterocycles. The molecule has 6 heteroatoms. The van der Waals surface area contributed by atoms with E-state index in [1.54, 1.807) is 23.1 Å². The number of nitrogens with zero attached hydrogens (tertiary/aromatic N) is 3. The van der Waals surface area contributed by atoms with Gasteiger partial charge in [0.1, 0.15) is 0 Å². The summed E-state index contributed by atoms with van der Waals surface area (Å²) in [6.45, 7) is 3.70. The molecule has 22 heavy (non-hydrogen) atoms. The van der Waals surface area contributed by atoms with Crippen molar-refractivity contribution in [3.05, 3.63) is 40.1 Å². The average Bonchev–Trinajstić information content (AvgIpc) is 3.17. The largest absolute Gasteiger partial charge is 0.346 e. The minimum absolute atomic E-state index is 0.117. The third-order valence-corrected chi connectivity index (χ3v) is 5.29. The van der Waals surface area contributed by atoms with Gasteiger partial charge in [-0.25, -0.2) is 4.79 Å². The molecule has 2 heterocycles. The normalized spacial score (nSPS) is 15.5. The van der Waals surface area contributed by atoms with Crippen molar-refractivity contribution < 1.29 is 4.79 Å². The van der Waals surface area contributed by atoms with Crippen LogP contribution in [0.5, 0.6) is 0 Å². The number of aromatic nitrogens is 1. The van der Waals surface area contributed by atoms with Gasteiger partial charge in [-0.05, 0) is 44.2 Å². The summed E-state index contributed by atoms with van der Waals surface area (Å²) in [6.07, 6.45) is 6.27. The van der Waals surface area contributed by atoms with Crippen LogP contribution in [0.3, 0.4) is 0 Å². The molecule has 0 atom stereocenters. The maximum absolute atomic E-state index is 12.3. The Morgan fingerprint density at radius 2 is 2.09 bits per heavy atom. The number of likely N-dealkylation sites (tertiary alicyclic amines) is 1. The van der Waals surface area contributed by atoms with E-state index >= 15 is 0 Å². The molecular formula is C16H19N3OS2. The molecule has 1 aliphatic heterocycles. The van der Waals surface area contributed by atoms with Crippen molar-refractivity contribution in [2.75, 3.05) is 19.3 Å². The number of hydrogen-bond acceptors (Lipinski definition) is 3. The van der Waals surface area contributed by atoms with Crippen LogP contribution in [0, 0.1) is 6.92 Å². The van der Waals surface area contributed by atoms with Crippen LogP contribution in [0.2, 0.25) is 0 Å². The molecule has 1 fully saturated rings. The van der Waals surface area contributed by atoms with Crippen molar-refractivity contribution >= 4 is 29.1 Å². The summed E-state index contributed by atoms with van der Waals surface area (Å²) >= 11 is 3.26. The molecule has 2 amide bonds. The predicted octanol–water partition coefficient (Wildman–Crippen LogP) is 3.69. The van der Waals surface area contributed by atoms with E-state index in [2.05, 4.69) is 23.4 Å². The summed E-state index contributed by atoms with van der Waals surface area (Å²) in [5.74, 6) is 0. The molecule has 0 aliphatic carbocycles. The van der Waals surface area contributed by atoms with Crippen LogP contribution in [-0.2, 0) is 0 Å². The van der Waals surface area contributed by atoms with E-state index in [0.29, 0.717) is 0 Å². The number of carbonyl (C=O) groups is 1. The summed E-state index contributed by atoms with van der Waals surface area (Å²) in [4.78, 5) is 21.5. The fourth-order valence-electron chi connectivity index (χ4n) is 2.54. The first kappa shape index (κ1) is 15.4. The second-order valence-electron chi connectivity index (χ2n) is 5.28. The van der Waals surface area contributed by atoms with Gasteiger partial charge in [0.15, 0.2) is 4.80 Å². The lowest BCUT2D eigenvalue weighted by Gasteiger charge is -2.10. The number of amides is 2. The summed E-state index contributed by atoms with van der Waals surface area (Å²) in [5.41, 5.74) is 1.05. The fourth-order valence-corrected chi connectivity index (χ4v) is 3.82. The van der Waals surface area contributed by atoms with E-state index in [0.717, 1.165) is 41.3 Å². The topological polar surface area (TPSA) is 37.6 Å². The molecule has 0 bridgehead atoms. The molecule has 0 unspecified atom stereocenters. The zero-order valence-electron chi connectivity index (χ0n) is 12.8. The summed E-state index contributed by atoms with van der Waals surface area (Å²) in [5, 5.41) is 0. The van der Waals surface area contributed by atoms with Gasteiger partial charge >= 0.3 is 6.03 Å². The Kier molecular flexibility index (Phi) is 4.69. The van der Waals surface area contributed by atoms with Crippen LogP contribution in [0.1, 0.15) is 17.7 Å². The second-order valence-corrected chi connectivity index (χ2v) is 7.38. The lowest BCUT2D eigenvalue weighted by atomic mass is 10.3. The van der Waals surface area contributed by atoms with E-state index in [1.807, 2.05) is 34.7 Å². The van der Waals surface area contributed by atoms with Gasteiger partial charge in [0, 0.05) is 34.7 Å². The van der Waals surface area contributed by atoms with Crippen molar-refractivity contribution in [1.82, 2.24) is 9.47 Å². The van der Waals surface area contributed by atoms with Crippen LogP contribution in [-0.4, -0.2) is 34.8 Å². The molecule has 3 rings (SSSR count). The fraction of sp³-hybridized carbons (Fsp3) is 0.375. The van der Waals surface area contributed by atoms with E-state index in [9.17, 15) is 4.79 Å². The summed E-state index contributed by atoms with van der Waals surface area (Å²) < 4.78 is 2.01. The van der Waals surface area contributed by atoms with Crippen molar-refractivity contribution in [3.8, 4) is 5.69 Å². The number of aryl methyl sites for hydroxylation is 1. The van der Waals surface area contributed by atoms with Gasteiger partial charge in [0.2, 0.25) is 0 Å². The smallest absolute Gasteiger partial charge is 0.323 e. The lowest BCUT2D eigenvalue weighted by Crippen LogP contribution is -2.27. The number of urea groups is 1. The summed E-state index contributed by atoms with van der Waals surface area (Å²) in [7, 11) is 0. The van der Waals surface area contributed by atoms with Crippen molar-refractivity contribution in [3.63, 3.8) is 0 Å². The lowest BCUT2D eigenvalue weighted by molar-refractivity contribution is 0.218. The predicted molar refractivity (Wildman–Crippen MR) is 91.9 cm³/mol. The Labute approximate surface area is 138 Å². The third kappa shape index (κ3) is 3.28. The van der Waals surface area contributed by atoms with Gasteiger partial charge in [0.25, 0.3) is 0 Å². The van der Waals surface area contributed by atoms with Crippen LogP contribution < -0.4 is 4.80 Å². The first-order valence-corrected chi connectivity index (χ1v) is 9.38. The standard InChI is InChI=1S/C16H19N3OS2/c1-12-11-19(13-6-5-7-14(10-13)21-2)16(22-12)17-15(20)18-8-3-4-9-18/h5-7,10-11H,3-4,8-9H2,1-2H3/b17-16-. The Hall–Kier alpha value is -1.53. The number of carbonyl (C=O) groups excluding carboxylic acids is 1. The maximum Gasteiger partial charge on any atom is 0.346 e. The van der Waals surface area contributed by atoms with E-state index < -0.39 is 0 Å². The van der Waals surface area contributed by atoms with Gasteiger partial charge in [-0.2, -0.15) is 4.99 Å². The highest BCUT2D eigenvalue weighted by Gasteiger charge is 2.17. The Balaban J connectivity index is 2.00.